The van der Waals surface area contributed by atoms with Crippen LogP contribution >= 0.6 is 0 Å². The summed E-state index contributed by atoms with van der Waals surface area (Å²) in [5.41, 5.74) is 2.86. The van der Waals surface area contributed by atoms with Crippen molar-refractivity contribution in [2.75, 3.05) is 4.90 Å². The Kier molecular flexibility index (Phi) is 5.71. The highest BCUT2D eigenvalue weighted by Gasteiger charge is 2.45. The van der Waals surface area contributed by atoms with E-state index in [2.05, 4.69) is 10.4 Å². The fraction of sp³-hybridized carbons (Fsp3) is 0.0870. The molecule has 2 aromatic carbocycles. The number of halogens is 1. The van der Waals surface area contributed by atoms with Crippen LogP contribution in [0.2, 0.25) is 0 Å². The molecule has 1 N–H and O–H groups in total. The monoisotopic (exact) mass is 432 g/mol. The molecule has 1 unspecified atom stereocenters. The number of pyridine rings is 1. The van der Waals surface area contributed by atoms with Gasteiger partial charge in [0.25, 0.3) is 17.7 Å². The average molecular weight is 432 g/mol. The van der Waals surface area contributed by atoms with E-state index in [0.717, 1.165) is 16.0 Å². The van der Waals surface area contributed by atoms with Gasteiger partial charge in [-0.1, -0.05) is 24.3 Å². The number of nitrogens with zero attached hydrogens (tertiary/aromatic N) is 3. The molecule has 0 saturated carbocycles. The number of anilines is 1. The van der Waals surface area contributed by atoms with Crippen molar-refractivity contribution < 1.29 is 23.6 Å². The maximum atomic E-state index is 13.7. The van der Waals surface area contributed by atoms with Crippen molar-refractivity contribution >= 4 is 29.3 Å². The van der Waals surface area contributed by atoms with Crippen LogP contribution in [0, 0.1) is 5.82 Å². The van der Waals surface area contributed by atoms with Gasteiger partial charge in [0.05, 0.1) is 17.7 Å². The van der Waals surface area contributed by atoms with E-state index in [1.165, 1.54) is 48.8 Å². The number of hydrogen-bond donors (Lipinski definition) is 1. The molecule has 0 spiro atoms. The lowest BCUT2D eigenvalue weighted by Crippen LogP contribution is -2.54. The minimum absolute atomic E-state index is 0.0493. The Bertz CT molecular complexity index is 1190. The summed E-state index contributed by atoms with van der Waals surface area (Å²) in [7, 11) is 0. The number of nitrogens with one attached hydrogen (secondary N) is 1. The van der Waals surface area contributed by atoms with Gasteiger partial charge in [-0.2, -0.15) is 0 Å². The van der Waals surface area contributed by atoms with E-state index in [1.54, 1.807) is 24.3 Å². The predicted molar refractivity (Wildman–Crippen MR) is 112 cm³/mol. The van der Waals surface area contributed by atoms with Gasteiger partial charge in [-0.25, -0.2) is 14.3 Å². The standard InChI is InChI=1S/C23H17FN4O4/c24-17-9-4-10-18(12-17)27-20(29)13-19(23(27)32)28(22(31)15-6-2-1-3-7-15)26-21(30)16-8-5-11-25-14-16/h1-12,14,19H,13H2,(H,26,30). The molecule has 8 nitrogen and oxygen atoms in total. The van der Waals surface area contributed by atoms with E-state index in [4.69, 9.17) is 0 Å². The van der Waals surface area contributed by atoms with Crippen molar-refractivity contribution in [3.63, 3.8) is 0 Å². The van der Waals surface area contributed by atoms with Crippen LogP contribution in [0.5, 0.6) is 0 Å². The third-order valence-electron chi connectivity index (χ3n) is 4.89. The number of imide groups is 1. The van der Waals surface area contributed by atoms with Crippen LogP contribution in [0.25, 0.3) is 0 Å². The number of amides is 4. The van der Waals surface area contributed by atoms with Gasteiger partial charge in [-0.05, 0) is 42.5 Å². The van der Waals surface area contributed by atoms with Crippen LogP contribution in [0.15, 0.2) is 79.1 Å². The van der Waals surface area contributed by atoms with Gasteiger partial charge in [0.15, 0.2) is 0 Å². The van der Waals surface area contributed by atoms with E-state index < -0.39 is 35.5 Å². The summed E-state index contributed by atoms with van der Waals surface area (Å²) >= 11 is 0. The van der Waals surface area contributed by atoms with Gasteiger partial charge >= 0.3 is 0 Å². The van der Waals surface area contributed by atoms with E-state index >= 15 is 0 Å². The molecular formula is C23H17FN4O4. The first-order valence-corrected chi connectivity index (χ1v) is 9.67. The molecule has 1 fully saturated rings. The number of carbonyl (C=O) groups excluding carboxylic acids is 4. The second-order valence-corrected chi connectivity index (χ2v) is 6.99. The SMILES string of the molecule is O=C(NN(C(=O)c1ccccc1)C1CC(=O)N(c2cccc(F)c2)C1=O)c1cccnc1. The third kappa shape index (κ3) is 4.08. The highest BCUT2D eigenvalue weighted by Crippen LogP contribution is 2.26. The normalized spacial score (nSPS) is 15.5. The minimum atomic E-state index is -1.31. The zero-order chi connectivity index (χ0) is 22.7. The van der Waals surface area contributed by atoms with Crippen LogP contribution in [0.1, 0.15) is 27.1 Å². The molecule has 0 radical (unpaired) electrons. The molecule has 1 saturated heterocycles. The van der Waals surface area contributed by atoms with Crippen molar-refractivity contribution in [2.45, 2.75) is 12.5 Å². The van der Waals surface area contributed by atoms with Gasteiger partial charge in [-0.3, -0.25) is 29.6 Å². The summed E-state index contributed by atoms with van der Waals surface area (Å²) in [5, 5.41) is 0.851. The molecule has 2 heterocycles. The van der Waals surface area contributed by atoms with E-state index in [1.807, 2.05) is 0 Å². The summed E-state index contributed by atoms with van der Waals surface area (Å²) in [6, 6.07) is 14.8. The summed E-state index contributed by atoms with van der Waals surface area (Å²) in [6.07, 6.45) is 2.42. The maximum Gasteiger partial charge on any atom is 0.273 e. The lowest BCUT2D eigenvalue weighted by Gasteiger charge is -2.28. The Morgan fingerprint density at radius 3 is 2.44 bits per heavy atom. The van der Waals surface area contributed by atoms with Gasteiger partial charge < -0.3 is 0 Å². The molecule has 1 aromatic heterocycles. The van der Waals surface area contributed by atoms with Crippen molar-refractivity contribution in [1.29, 1.82) is 0 Å². The van der Waals surface area contributed by atoms with E-state index in [9.17, 15) is 23.6 Å². The van der Waals surface area contributed by atoms with Crippen LogP contribution in [-0.2, 0) is 9.59 Å². The topological polar surface area (TPSA) is 99.7 Å². The third-order valence-corrected chi connectivity index (χ3v) is 4.89. The first-order valence-electron chi connectivity index (χ1n) is 9.67. The number of aromatic nitrogens is 1. The molecule has 0 bridgehead atoms. The lowest BCUT2D eigenvalue weighted by atomic mass is 10.1. The van der Waals surface area contributed by atoms with E-state index in [-0.39, 0.29) is 23.2 Å². The highest BCUT2D eigenvalue weighted by molar-refractivity contribution is 6.23. The molecule has 32 heavy (non-hydrogen) atoms. The zero-order valence-electron chi connectivity index (χ0n) is 16.6. The van der Waals surface area contributed by atoms with Crippen LogP contribution in [-0.4, -0.2) is 39.7 Å². The Morgan fingerprint density at radius 2 is 1.75 bits per heavy atom. The Hall–Kier alpha value is -4.40. The summed E-state index contributed by atoms with van der Waals surface area (Å²) < 4.78 is 13.7. The molecule has 9 heteroatoms. The number of carbonyl (C=O) groups is 4. The Balaban J connectivity index is 1.68. The molecule has 1 aliphatic heterocycles. The summed E-state index contributed by atoms with van der Waals surface area (Å²) in [5.74, 6) is -3.33. The smallest absolute Gasteiger partial charge is 0.273 e. The maximum absolute atomic E-state index is 13.7. The van der Waals surface area contributed by atoms with Gasteiger partial charge in [0.1, 0.15) is 11.9 Å². The number of rotatable bonds is 4. The van der Waals surface area contributed by atoms with Crippen molar-refractivity contribution in [2.24, 2.45) is 0 Å². The van der Waals surface area contributed by atoms with Crippen LogP contribution in [0.4, 0.5) is 10.1 Å². The van der Waals surface area contributed by atoms with Crippen LogP contribution in [0.3, 0.4) is 0 Å². The lowest BCUT2D eigenvalue weighted by molar-refractivity contribution is -0.122. The van der Waals surface area contributed by atoms with Gasteiger partial charge in [0.2, 0.25) is 5.91 Å². The molecule has 0 aliphatic carbocycles. The Labute approximate surface area is 182 Å². The molecule has 1 atom stereocenters. The number of benzene rings is 2. The second kappa shape index (κ2) is 8.76. The molecule has 3 aromatic rings. The molecular weight excluding hydrogens is 415 g/mol. The zero-order valence-corrected chi connectivity index (χ0v) is 16.6. The summed E-state index contributed by atoms with van der Waals surface area (Å²) in [4.78, 5) is 56.4. The predicted octanol–water partition coefficient (Wildman–Crippen LogP) is 2.34. The first-order chi connectivity index (χ1) is 15.5. The highest BCUT2D eigenvalue weighted by atomic mass is 19.1. The Morgan fingerprint density at radius 1 is 1.00 bits per heavy atom. The largest absolute Gasteiger partial charge is 0.274 e. The van der Waals surface area contributed by atoms with Crippen molar-refractivity contribution in [1.82, 2.24) is 15.4 Å². The summed E-state index contributed by atoms with van der Waals surface area (Å²) in [6.45, 7) is 0. The molecule has 4 amide bonds. The van der Waals surface area contributed by atoms with Crippen molar-refractivity contribution in [3.05, 3.63) is 96.1 Å². The van der Waals surface area contributed by atoms with Crippen LogP contribution < -0.4 is 10.3 Å². The quantitative estimate of drug-likeness (QED) is 0.504. The average Bonchev–Trinajstić information content (AvgIpc) is 3.11. The molecule has 160 valence electrons. The van der Waals surface area contributed by atoms with Crippen molar-refractivity contribution in [3.8, 4) is 0 Å². The minimum Gasteiger partial charge on any atom is -0.274 e. The second-order valence-electron chi connectivity index (χ2n) is 6.99. The van der Waals surface area contributed by atoms with Gasteiger partial charge in [0, 0.05) is 18.0 Å². The molecule has 4 rings (SSSR count). The number of hydrazine groups is 1. The molecule has 1 aliphatic rings. The fourth-order valence-electron chi connectivity index (χ4n) is 3.37. The van der Waals surface area contributed by atoms with E-state index in [0.29, 0.717) is 0 Å². The van der Waals surface area contributed by atoms with Gasteiger partial charge in [-0.15, -0.1) is 0 Å². The fourth-order valence-corrected chi connectivity index (χ4v) is 3.37. The first kappa shape index (κ1) is 20.9. The number of hydrogen-bond acceptors (Lipinski definition) is 5.